The second-order valence-electron chi connectivity index (χ2n) is 5.57. The van der Waals surface area contributed by atoms with Gasteiger partial charge in [0.2, 0.25) is 0 Å². The topological polar surface area (TPSA) is 21.3 Å². The van der Waals surface area contributed by atoms with Crippen molar-refractivity contribution in [2.45, 2.75) is 51.4 Å². The van der Waals surface area contributed by atoms with Crippen LogP contribution in [0.3, 0.4) is 0 Å². The van der Waals surface area contributed by atoms with Crippen molar-refractivity contribution in [1.82, 2.24) is 5.32 Å². The molecule has 2 atom stereocenters. The van der Waals surface area contributed by atoms with Crippen molar-refractivity contribution < 1.29 is 4.74 Å². The van der Waals surface area contributed by atoms with E-state index in [1.165, 1.54) is 24.8 Å². The lowest BCUT2D eigenvalue weighted by Gasteiger charge is -2.37. The van der Waals surface area contributed by atoms with Gasteiger partial charge in [0.1, 0.15) is 0 Å². The number of nitrogens with one attached hydrogen (secondary N) is 1. The third-order valence-corrected chi connectivity index (χ3v) is 3.86. The largest absolute Gasteiger partial charge is 0.373 e. The first-order valence-corrected chi connectivity index (χ1v) is 7.10. The fourth-order valence-corrected chi connectivity index (χ4v) is 2.53. The molecule has 1 N–H and O–H groups in total. The predicted octanol–water partition coefficient (Wildman–Crippen LogP) is 3.54. The normalized spacial score (nSPS) is 19.6. The first-order valence-electron chi connectivity index (χ1n) is 7.10. The summed E-state index contributed by atoms with van der Waals surface area (Å²) in [5, 5.41) is 3.43. The maximum atomic E-state index is 6.29. The first-order chi connectivity index (χ1) is 8.72. The Bertz CT molecular complexity index is 345. The summed E-state index contributed by atoms with van der Waals surface area (Å²) in [6.07, 6.45) is 4.52. The van der Waals surface area contributed by atoms with Gasteiger partial charge in [-0.1, -0.05) is 44.2 Å². The zero-order valence-corrected chi connectivity index (χ0v) is 11.7. The van der Waals surface area contributed by atoms with E-state index in [-0.39, 0.29) is 12.1 Å². The summed E-state index contributed by atoms with van der Waals surface area (Å²) < 4.78 is 6.29. The van der Waals surface area contributed by atoms with Crippen LogP contribution in [0.15, 0.2) is 30.3 Å². The molecule has 0 radical (unpaired) electrons. The summed E-state index contributed by atoms with van der Waals surface area (Å²) in [5.74, 6) is 0.517. The van der Waals surface area contributed by atoms with Crippen LogP contribution in [0.5, 0.6) is 0 Å². The van der Waals surface area contributed by atoms with Gasteiger partial charge in [0.15, 0.2) is 0 Å². The van der Waals surface area contributed by atoms with Crippen molar-refractivity contribution in [3.05, 3.63) is 35.9 Å². The average molecular weight is 247 g/mol. The molecule has 0 saturated heterocycles. The zero-order chi connectivity index (χ0) is 13.0. The molecule has 2 nitrogen and oxygen atoms in total. The highest BCUT2D eigenvalue weighted by molar-refractivity contribution is 5.20. The van der Waals surface area contributed by atoms with Crippen LogP contribution < -0.4 is 5.32 Å². The fraction of sp³-hybridized carbons (Fsp3) is 0.625. The number of ether oxygens (including phenoxy) is 1. The minimum absolute atomic E-state index is 0.252. The van der Waals surface area contributed by atoms with Gasteiger partial charge in [-0.05, 0) is 37.8 Å². The summed E-state index contributed by atoms with van der Waals surface area (Å²) in [6.45, 7) is 4.49. The molecule has 2 rings (SSSR count). The van der Waals surface area contributed by atoms with Crippen LogP contribution in [-0.4, -0.2) is 19.3 Å². The molecule has 1 aromatic rings. The lowest BCUT2D eigenvalue weighted by Crippen LogP contribution is -2.40. The fourth-order valence-electron chi connectivity index (χ4n) is 2.53. The Morgan fingerprint density at radius 1 is 1.17 bits per heavy atom. The van der Waals surface area contributed by atoms with E-state index in [1.54, 1.807) is 0 Å². The molecular formula is C16H25NO. The number of hydrogen-bond acceptors (Lipinski definition) is 2. The molecule has 1 aromatic carbocycles. The van der Waals surface area contributed by atoms with E-state index in [4.69, 9.17) is 4.74 Å². The van der Waals surface area contributed by atoms with Crippen molar-refractivity contribution >= 4 is 0 Å². The van der Waals surface area contributed by atoms with Gasteiger partial charge in [-0.15, -0.1) is 0 Å². The van der Waals surface area contributed by atoms with E-state index in [0.29, 0.717) is 12.0 Å². The molecule has 1 fully saturated rings. The average Bonchev–Trinajstić information content (AvgIpc) is 2.33. The van der Waals surface area contributed by atoms with Gasteiger partial charge in [-0.2, -0.15) is 0 Å². The highest BCUT2D eigenvalue weighted by atomic mass is 16.5. The molecule has 1 aliphatic carbocycles. The lowest BCUT2D eigenvalue weighted by atomic mass is 9.91. The van der Waals surface area contributed by atoms with Crippen LogP contribution in [0.1, 0.15) is 44.7 Å². The Morgan fingerprint density at radius 3 is 2.28 bits per heavy atom. The van der Waals surface area contributed by atoms with E-state index >= 15 is 0 Å². The highest BCUT2D eigenvalue weighted by Gasteiger charge is 2.30. The van der Waals surface area contributed by atoms with Gasteiger partial charge in [0.05, 0.1) is 18.2 Å². The van der Waals surface area contributed by atoms with Crippen LogP contribution in [0.4, 0.5) is 0 Å². The molecule has 2 unspecified atom stereocenters. The molecule has 0 amide bonds. The molecule has 1 saturated carbocycles. The summed E-state index contributed by atoms with van der Waals surface area (Å²) in [7, 11) is 2.02. The predicted molar refractivity (Wildman–Crippen MR) is 75.6 cm³/mol. The lowest BCUT2D eigenvalue weighted by molar-refractivity contribution is -0.0852. The van der Waals surface area contributed by atoms with E-state index in [9.17, 15) is 0 Å². The van der Waals surface area contributed by atoms with Crippen molar-refractivity contribution in [2.75, 3.05) is 7.05 Å². The number of hydrogen-bond donors (Lipinski definition) is 1. The zero-order valence-electron chi connectivity index (χ0n) is 11.7. The molecule has 0 bridgehead atoms. The number of likely N-dealkylation sites (N-methyl/N-ethyl adjacent to an activating group) is 1. The summed E-state index contributed by atoms with van der Waals surface area (Å²) >= 11 is 0. The van der Waals surface area contributed by atoms with E-state index in [2.05, 4.69) is 49.5 Å². The third-order valence-electron chi connectivity index (χ3n) is 3.86. The number of benzene rings is 1. The number of rotatable bonds is 6. The highest BCUT2D eigenvalue weighted by Crippen LogP contribution is 2.31. The van der Waals surface area contributed by atoms with Crippen LogP contribution in [0.25, 0.3) is 0 Å². The molecule has 2 heteroatoms. The van der Waals surface area contributed by atoms with Gasteiger partial charge in [0, 0.05) is 0 Å². The Morgan fingerprint density at radius 2 is 1.83 bits per heavy atom. The van der Waals surface area contributed by atoms with Crippen LogP contribution in [0.2, 0.25) is 0 Å². The smallest absolute Gasteiger partial charge is 0.0796 e. The molecule has 1 aliphatic rings. The van der Waals surface area contributed by atoms with Gasteiger partial charge < -0.3 is 10.1 Å². The molecule has 0 aromatic heterocycles. The van der Waals surface area contributed by atoms with Gasteiger partial charge >= 0.3 is 0 Å². The quantitative estimate of drug-likeness (QED) is 0.830. The minimum Gasteiger partial charge on any atom is -0.373 e. The minimum atomic E-state index is 0.252. The standard InChI is InChI=1S/C16H25NO/c1-12(2)16(18-14-10-7-11-14)15(17-3)13-8-5-4-6-9-13/h4-6,8-9,12,14-17H,7,10-11H2,1-3H3. The SMILES string of the molecule is CNC(c1ccccc1)C(OC1CCC1)C(C)C. The molecular weight excluding hydrogens is 222 g/mol. The van der Waals surface area contributed by atoms with Gasteiger partial charge in [-0.25, -0.2) is 0 Å². The van der Waals surface area contributed by atoms with Gasteiger partial charge in [-0.3, -0.25) is 0 Å². The molecule has 0 heterocycles. The Kier molecular flexibility index (Phi) is 4.79. The van der Waals surface area contributed by atoms with Crippen molar-refractivity contribution in [1.29, 1.82) is 0 Å². The monoisotopic (exact) mass is 247 g/mol. The van der Waals surface area contributed by atoms with Crippen molar-refractivity contribution in [3.63, 3.8) is 0 Å². The Balaban J connectivity index is 2.10. The Hall–Kier alpha value is -0.860. The van der Waals surface area contributed by atoms with Crippen molar-refractivity contribution in [2.24, 2.45) is 5.92 Å². The summed E-state index contributed by atoms with van der Waals surface area (Å²) in [5.41, 5.74) is 1.32. The Labute approximate surface area is 111 Å². The van der Waals surface area contributed by atoms with E-state index in [1.807, 2.05) is 7.05 Å². The third kappa shape index (κ3) is 3.12. The maximum absolute atomic E-state index is 6.29. The van der Waals surface area contributed by atoms with Crippen LogP contribution in [0, 0.1) is 5.92 Å². The second-order valence-corrected chi connectivity index (χ2v) is 5.57. The molecule has 0 spiro atoms. The molecule has 18 heavy (non-hydrogen) atoms. The summed E-state index contributed by atoms with van der Waals surface area (Å²) in [6, 6.07) is 10.9. The molecule has 0 aliphatic heterocycles. The first kappa shape index (κ1) is 13.6. The van der Waals surface area contributed by atoms with Crippen molar-refractivity contribution in [3.8, 4) is 0 Å². The van der Waals surface area contributed by atoms with E-state index in [0.717, 1.165) is 0 Å². The molecule has 100 valence electrons. The summed E-state index contributed by atoms with van der Waals surface area (Å²) in [4.78, 5) is 0. The van der Waals surface area contributed by atoms with E-state index < -0.39 is 0 Å². The maximum Gasteiger partial charge on any atom is 0.0796 e. The van der Waals surface area contributed by atoms with Gasteiger partial charge in [0.25, 0.3) is 0 Å². The second kappa shape index (κ2) is 6.35. The van der Waals surface area contributed by atoms with Crippen LogP contribution >= 0.6 is 0 Å². The van der Waals surface area contributed by atoms with Crippen LogP contribution in [-0.2, 0) is 4.74 Å².